The van der Waals surface area contributed by atoms with E-state index in [4.69, 9.17) is 14.2 Å². The minimum Gasteiger partial charge on any atom is -0.368 e. The number of nitro groups is 1. The molecule has 0 saturated carbocycles. The van der Waals surface area contributed by atoms with Crippen LogP contribution in [0.5, 0.6) is 0 Å². The van der Waals surface area contributed by atoms with E-state index >= 15 is 0 Å². The van der Waals surface area contributed by atoms with Gasteiger partial charge < -0.3 is 14.2 Å². The fourth-order valence-electron chi connectivity index (χ4n) is 3.17. The lowest BCUT2D eigenvalue weighted by atomic mass is 10.0. The monoisotopic (exact) mass is 383 g/mol. The first-order valence-corrected chi connectivity index (χ1v) is 9.33. The maximum atomic E-state index is 11.4. The quantitative estimate of drug-likeness (QED) is 0.496. The van der Waals surface area contributed by atoms with Crippen molar-refractivity contribution in [1.82, 2.24) is 0 Å². The van der Waals surface area contributed by atoms with Gasteiger partial charge in [-0.2, -0.15) is 0 Å². The molecular formula is C22H25NO5. The highest BCUT2D eigenvalue weighted by atomic mass is 16.7. The first-order valence-electron chi connectivity index (χ1n) is 9.33. The molecule has 148 valence electrons. The van der Waals surface area contributed by atoms with Gasteiger partial charge in [-0.3, -0.25) is 10.1 Å². The Kier molecular flexibility index (Phi) is 6.57. The summed E-state index contributed by atoms with van der Waals surface area (Å²) in [6.07, 6.45) is 1.01. The van der Waals surface area contributed by atoms with E-state index in [1.807, 2.05) is 60.7 Å². The number of nitrogens with zero attached hydrogens (tertiary/aromatic N) is 1. The molecule has 0 spiro atoms. The van der Waals surface area contributed by atoms with Gasteiger partial charge in [-0.25, -0.2) is 0 Å². The van der Waals surface area contributed by atoms with Crippen LogP contribution >= 0.6 is 0 Å². The topological polar surface area (TPSA) is 70.8 Å². The van der Waals surface area contributed by atoms with Gasteiger partial charge in [0, 0.05) is 6.08 Å². The molecule has 0 aromatic heterocycles. The second kappa shape index (κ2) is 9.10. The fraction of sp³-hybridized carbons (Fsp3) is 0.364. The normalized spacial score (nSPS) is 19.1. The zero-order chi connectivity index (χ0) is 20.0. The van der Waals surface area contributed by atoms with Gasteiger partial charge in [-0.05, 0) is 25.0 Å². The number of hydrogen-bond acceptors (Lipinski definition) is 5. The van der Waals surface area contributed by atoms with E-state index in [1.165, 1.54) is 6.08 Å². The van der Waals surface area contributed by atoms with Crippen LogP contribution < -0.4 is 0 Å². The van der Waals surface area contributed by atoms with Crippen LogP contribution in [0.3, 0.4) is 0 Å². The van der Waals surface area contributed by atoms with E-state index in [0.717, 1.165) is 11.1 Å². The highest BCUT2D eigenvalue weighted by Crippen LogP contribution is 2.27. The molecule has 6 heteroatoms. The lowest BCUT2D eigenvalue weighted by molar-refractivity contribution is -0.429. The van der Waals surface area contributed by atoms with E-state index in [1.54, 1.807) is 13.8 Å². The van der Waals surface area contributed by atoms with Crippen LogP contribution in [0.4, 0.5) is 0 Å². The minimum absolute atomic E-state index is 0.0752. The second-order valence-electron chi connectivity index (χ2n) is 7.10. The molecule has 1 atom stereocenters. The van der Waals surface area contributed by atoms with Gasteiger partial charge in [0.2, 0.25) is 5.70 Å². The molecule has 0 radical (unpaired) electrons. The molecule has 2 aromatic rings. The third-order valence-electron chi connectivity index (χ3n) is 4.49. The van der Waals surface area contributed by atoms with E-state index in [-0.39, 0.29) is 29.8 Å². The van der Waals surface area contributed by atoms with Crippen molar-refractivity contribution in [2.75, 3.05) is 13.2 Å². The van der Waals surface area contributed by atoms with Crippen molar-refractivity contribution < 1.29 is 19.1 Å². The standard InChI is InChI=1S/C22H25NO5/c1-22(2)27-16-20(28-22)15-19(23(24)25)13-14-26-21(17-9-5-3-6-10-17)18-11-7-4-8-12-18/h3-12,15,20-21H,13-14,16H2,1-2H3/b19-15+/t20-/m0/s1. The molecule has 1 fully saturated rings. The first-order chi connectivity index (χ1) is 13.4. The van der Waals surface area contributed by atoms with Gasteiger partial charge in [0.25, 0.3) is 0 Å². The molecule has 28 heavy (non-hydrogen) atoms. The molecule has 3 rings (SSSR count). The third-order valence-corrected chi connectivity index (χ3v) is 4.49. The molecule has 0 amide bonds. The molecule has 0 aliphatic carbocycles. The molecule has 6 nitrogen and oxygen atoms in total. The highest BCUT2D eigenvalue weighted by molar-refractivity contribution is 5.29. The smallest absolute Gasteiger partial charge is 0.247 e. The number of hydrogen-bond donors (Lipinski definition) is 0. The predicted molar refractivity (Wildman–Crippen MR) is 105 cm³/mol. The minimum atomic E-state index is -0.717. The lowest BCUT2D eigenvalue weighted by Crippen LogP contribution is -2.21. The largest absolute Gasteiger partial charge is 0.368 e. The Labute approximate surface area is 164 Å². The second-order valence-corrected chi connectivity index (χ2v) is 7.10. The molecule has 2 aromatic carbocycles. The lowest BCUT2D eigenvalue weighted by Gasteiger charge is -2.19. The van der Waals surface area contributed by atoms with Crippen molar-refractivity contribution in [1.29, 1.82) is 0 Å². The van der Waals surface area contributed by atoms with Crippen LogP contribution in [-0.2, 0) is 14.2 Å². The highest BCUT2D eigenvalue weighted by Gasteiger charge is 2.33. The Balaban J connectivity index is 1.68. The number of rotatable bonds is 8. The zero-order valence-electron chi connectivity index (χ0n) is 16.1. The van der Waals surface area contributed by atoms with Gasteiger partial charge in [0.1, 0.15) is 12.2 Å². The maximum Gasteiger partial charge on any atom is 0.247 e. The summed E-state index contributed by atoms with van der Waals surface area (Å²) < 4.78 is 17.2. The van der Waals surface area contributed by atoms with Gasteiger partial charge in [0.05, 0.1) is 24.6 Å². The van der Waals surface area contributed by atoms with E-state index in [2.05, 4.69) is 0 Å². The van der Waals surface area contributed by atoms with E-state index in [9.17, 15) is 10.1 Å². The van der Waals surface area contributed by atoms with E-state index in [0.29, 0.717) is 6.61 Å². The third kappa shape index (κ3) is 5.48. The van der Waals surface area contributed by atoms with Crippen molar-refractivity contribution >= 4 is 0 Å². The Hall–Kier alpha value is -2.54. The van der Waals surface area contributed by atoms with Crippen molar-refractivity contribution in [2.24, 2.45) is 0 Å². The predicted octanol–water partition coefficient (Wildman–Crippen LogP) is 4.49. The summed E-state index contributed by atoms with van der Waals surface area (Å²) in [7, 11) is 0. The molecule has 1 aliphatic rings. The zero-order valence-corrected chi connectivity index (χ0v) is 16.1. The molecule has 1 aliphatic heterocycles. The summed E-state index contributed by atoms with van der Waals surface area (Å²) in [6, 6.07) is 19.7. The average Bonchev–Trinajstić information content (AvgIpc) is 3.04. The van der Waals surface area contributed by atoms with Crippen molar-refractivity contribution in [3.63, 3.8) is 0 Å². The summed E-state index contributed by atoms with van der Waals surface area (Å²) in [5.74, 6) is -0.717. The SMILES string of the molecule is CC1(C)OC[C@H](/C=C(\CCOC(c2ccccc2)c2ccccc2)[N+](=O)[O-])O1. The van der Waals surface area contributed by atoms with Gasteiger partial charge in [-0.15, -0.1) is 0 Å². The summed E-state index contributed by atoms with van der Waals surface area (Å²) >= 11 is 0. The van der Waals surface area contributed by atoms with Gasteiger partial charge >= 0.3 is 0 Å². The summed E-state index contributed by atoms with van der Waals surface area (Å²) in [5.41, 5.74) is 2.09. The van der Waals surface area contributed by atoms with Crippen LogP contribution in [0.15, 0.2) is 72.4 Å². The Morgan fingerprint density at radius 3 is 2.21 bits per heavy atom. The maximum absolute atomic E-state index is 11.4. The van der Waals surface area contributed by atoms with Crippen molar-refractivity contribution in [3.8, 4) is 0 Å². The molecule has 0 bridgehead atoms. The van der Waals surface area contributed by atoms with E-state index < -0.39 is 11.9 Å². The van der Waals surface area contributed by atoms with Crippen molar-refractivity contribution in [2.45, 2.75) is 38.3 Å². The summed E-state index contributed by atoms with van der Waals surface area (Å²) in [4.78, 5) is 11.1. The van der Waals surface area contributed by atoms with Gasteiger partial charge in [0.15, 0.2) is 5.79 Å². The fourth-order valence-corrected chi connectivity index (χ4v) is 3.17. The van der Waals surface area contributed by atoms with Gasteiger partial charge in [-0.1, -0.05) is 60.7 Å². The van der Waals surface area contributed by atoms with Crippen LogP contribution in [0.25, 0.3) is 0 Å². The molecule has 0 N–H and O–H groups in total. The first kappa shape index (κ1) is 20.2. The number of ether oxygens (including phenoxy) is 3. The Morgan fingerprint density at radius 1 is 1.18 bits per heavy atom. The molecule has 1 heterocycles. The van der Waals surface area contributed by atoms with Crippen LogP contribution in [-0.4, -0.2) is 30.0 Å². The summed E-state index contributed by atoms with van der Waals surface area (Å²) in [6.45, 7) is 4.11. The molecule has 1 saturated heterocycles. The van der Waals surface area contributed by atoms with Crippen LogP contribution in [0.2, 0.25) is 0 Å². The molecule has 0 unspecified atom stereocenters. The Morgan fingerprint density at radius 2 is 1.75 bits per heavy atom. The number of benzene rings is 2. The van der Waals surface area contributed by atoms with Crippen molar-refractivity contribution in [3.05, 3.63) is 93.7 Å². The average molecular weight is 383 g/mol. The van der Waals surface area contributed by atoms with Crippen LogP contribution in [0.1, 0.15) is 37.5 Å². The van der Waals surface area contributed by atoms with Crippen LogP contribution in [0, 0.1) is 10.1 Å². The molecular weight excluding hydrogens is 358 g/mol. The Bertz CT molecular complexity index is 765. The summed E-state index contributed by atoms with van der Waals surface area (Å²) in [5, 5.41) is 11.4.